The summed E-state index contributed by atoms with van der Waals surface area (Å²) in [6, 6.07) is 5.08. The van der Waals surface area contributed by atoms with Crippen LogP contribution in [-0.4, -0.2) is 25.0 Å². The summed E-state index contributed by atoms with van der Waals surface area (Å²) in [7, 11) is 0. The Morgan fingerprint density at radius 2 is 1.84 bits per heavy atom. The summed E-state index contributed by atoms with van der Waals surface area (Å²) in [6.45, 7) is 0.541. The van der Waals surface area contributed by atoms with E-state index in [0.717, 1.165) is 12.8 Å². The molecule has 0 aromatic heterocycles. The van der Waals surface area contributed by atoms with Gasteiger partial charge in [0, 0.05) is 12.2 Å². The van der Waals surface area contributed by atoms with Crippen LogP contribution in [0.4, 0.5) is 14.9 Å². The minimum absolute atomic E-state index is 0.117. The Kier molecular flexibility index (Phi) is 4.33. The first kappa shape index (κ1) is 13.3. The second-order valence-electron chi connectivity index (χ2n) is 4.56. The first-order valence-electron chi connectivity index (χ1n) is 6.20. The number of carbonyl (C=O) groups is 2. The fraction of sp³-hybridized carbons (Fsp3) is 0.385. The van der Waals surface area contributed by atoms with Gasteiger partial charge in [0.25, 0.3) is 0 Å². The van der Waals surface area contributed by atoms with E-state index in [4.69, 9.17) is 0 Å². The van der Waals surface area contributed by atoms with Gasteiger partial charge in [-0.1, -0.05) is 0 Å². The monoisotopic (exact) mass is 265 g/mol. The highest BCUT2D eigenvalue weighted by Crippen LogP contribution is 2.27. The predicted molar refractivity (Wildman–Crippen MR) is 69.2 cm³/mol. The van der Waals surface area contributed by atoms with E-state index >= 15 is 0 Å². The van der Waals surface area contributed by atoms with Gasteiger partial charge in [-0.2, -0.15) is 0 Å². The molecule has 3 N–H and O–H groups in total. The summed E-state index contributed by atoms with van der Waals surface area (Å²) in [6.07, 6.45) is 2.32. The first-order valence-corrected chi connectivity index (χ1v) is 6.20. The lowest BCUT2D eigenvalue weighted by molar-refractivity contribution is -0.115. The molecule has 0 unspecified atom stereocenters. The summed E-state index contributed by atoms with van der Waals surface area (Å²) < 4.78 is 12.7. The molecule has 0 radical (unpaired) electrons. The van der Waals surface area contributed by atoms with Crippen LogP contribution in [0.15, 0.2) is 24.3 Å². The summed E-state index contributed by atoms with van der Waals surface area (Å²) in [5.41, 5.74) is 0.492. The molecule has 3 amide bonds. The zero-order valence-corrected chi connectivity index (χ0v) is 10.4. The van der Waals surface area contributed by atoms with Crippen molar-refractivity contribution in [3.05, 3.63) is 30.1 Å². The smallest absolute Gasteiger partial charge is 0.315 e. The van der Waals surface area contributed by atoms with Crippen LogP contribution in [0, 0.1) is 11.7 Å². The van der Waals surface area contributed by atoms with E-state index in [9.17, 15) is 14.0 Å². The molecule has 1 aromatic rings. The van der Waals surface area contributed by atoms with Gasteiger partial charge in [-0.15, -0.1) is 0 Å². The van der Waals surface area contributed by atoms with Crippen molar-refractivity contribution in [1.82, 2.24) is 10.6 Å². The summed E-state index contributed by atoms with van der Waals surface area (Å²) in [5.74, 6) is -0.123. The maximum atomic E-state index is 12.7. The molecular weight excluding hydrogens is 249 g/mol. The molecule has 1 aliphatic rings. The lowest BCUT2D eigenvalue weighted by Crippen LogP contribution is -2.40. The molecular formula is C13H16FN3O2. The maximum Gasteiger partial charge on any atom is 0.315 e. The number of hydrogen-bond acceptors (Lipinski definition) is 2. The largest absolute Gasteiger partial charge is 0.338 e. The molecule has 0 aliphatic heterocycles. The Morgan fingerprint density at radius 1 is 1.16 bits per heavy atom. The van der Waals surface area contributed by atoms with Crippen molar-refractivity contribution in [2.45, 2.75) is 12.8 Å². The Bertz CT molecular complexity index is 457. The highest BCUT2D eigenvalue weighted by molar-refractivity contribution is 5.94. The first-order chi connectivity index (χ1) is 9.13. The van der Waals surface area contributed by atoms with Crippen LogP contribution in [0.3, 0.4) is 0 Å². The van der Waals surface area contributed by atoms with Crippen molar-refractivity contribution in [3.8, 4) is 0 Å². The lowest BCUT2D eigenvalue weighted by Gasteiger charge is -2.08. The average Bonchev–Trinajstić information content (AvgIpc) is 3.21. The minimum atomic E-state index is -0.365. The molecule has 0 heterocycles. The molecule has 0 spiro atoms. The van der Waals surface area contributed by atoms with E-state index in [1.54, 1.807) is 0 Å². The number of amides is 3. The SMILES string of the molecule is O=C(CNC(=O)NCC1CC1)Nc1ccc(F)cc1. The van der Waals surface area contributed by atoms with Crippen molar-refractivity contribution in [2.24, 2.45) is 5.92 Å². The molecule has 6 heteroatoms. The number of halogens is 1. The Labute approximate surface area is 110 Å². The van der Waals surface area contributed by atoms with Crippen LogP contribution in [0.5, 0.6) is 0 Å². The fourth-order valence-corrected chi connectivity index (χ4v) is 1.52. The van der Waals surface area contributed by atoms with Crippen molar-refractivity contribution < 1.29 is 14.0 Å². The summed E-state index contributed by atoms with van der Waals surface area (Å²) in [4.78, 5) is 22.8. The Balaban J connectivity index is 1.65. The molecule has 1 aromatic carbocycles. The number of urea groups is 1. The second-order valence-corrected chi connectivity index (χ2v) is 4.56. The van der Waals surface area contributed by atoms with E-state index in [1.807, 2.05) is 0 Å². The zero-order valence-electron chi connectivity index (χ0n) is 10.4. The molecule has 0 atom stereocenters. The van der Waals surface area contributed by atoms with Crippen LogP contribution in [0.1, 0.15) is 12.8 Å². The standard InChI is InChI=1S/C13H16FN3O2/c14-10-3-5-11(6-4-10)17-12(18)8-16-13(19)15-7-9-1-2-9/h3-6,9H,1-2,7-8H2,(H,17,18)(H2,15,16,19). The Morgan fingerprint density at radius 3 is 2.47 bits per heavy atom. The van der Waals surface area contributed by atoms with Crippen molar-refractivity contribution >= 4 is 17.6 Å². The number of nitrogens with one attached hydrogen (secondary N) is 3. The van der Waals surface area contributed by atoms with Gasteiger partial charge in [-0.3, -0.25) is 4.79 Å². The average molecular weight is 265 g/mol. The molecule has 2 rings (SSSR count). The number of carbonyl (C=O) groups excluding carboxylic acids is 2. The van der Waals surface area contributed by atoms with Crippen molar-refractivity contribution in [3.63, 3.8) is 0 Å². The van der Waals surface area contributed by atoms with Crippen LogP contribution in [0.2, 0.25) is 0 Å². The number of rotatable bonds is 5. The number of hydrogen-bond donors (Lipinski definition) is 3. The van der Waals surface area contributed by atoms with Crippen LogP contribution < -0.4 is 16.0 Å². The van der Waals surface area contributed by atoms with Gasteiger partial charge >= 0.3 is 6.03 Å². The van der Waals surface area contributed by atoms with E-state index < -0.39 is 0 Å². The predicted octanol–water partition coefficient (Wildman–Crippen LogP) is 1.47. The van der Waals surface area contributed by atoms with Gasteiger partial charge in [0.2, 0.25) is 5.91 Å². The Hall–Kier alpha value is -2.11. The van der Waals surface area contributed by atoms with Gasteiger partial charge in [-0.05, 0) is 43.0 Å². The molecule has 5 nitrogen and oxygen atoms in total. The maximum absolute atomic E-state index is 12.7. The second kappa shape index (κ2) is 6.17. The van der Waals surface area contributed by atoms with Crippen LogP contribution in [0.25, 0.3) is 0 Å². The molecule has 1 saturated carbocycles. The van der Waals surface area contributed by atoms with Crippen molar-refractivity contribution in [1.29, 1.82) is 0 Å². The van der Waals surface area contributed by atoms with Gasteiger partial charge in [0.1, 0.15) is 5.82 Å². The van der Waals surface area contributed by atoms with Gasteiger partial charge in [0.05, 0.1) is 6.54 Å². The quantitative estimate of drug-likeness (QED) is 0.754. The normalized spacial score (nSPS) is 13.7. The summed E-state index contributed by atoms with van der Waals surface area (Å²) >= 11 is 0. The van der Waals surface area contributed by atoms with E-state index in [-0.39, 0.29) is 24.3 Å². The van der Waals surface area contributed by atoms with E-state index in [2.05, 4.69) is 16.0 Å². The molecule has 19 heavy (non-hydrogen) atoms. The third-order valence-corrected chi connectivity index (χ3v) is 2.79. The molecule has 1 fully saturated rings. The van der Waals surface area contributed by atoms with Crippen LogP contribution in [-0.2, 0) is 4.79 Å². The van der Waals surface area contributed by atoms with Gasteiger partial charge in [-0.25, -0.2) is 9.18 Å². The van der Waals surface area contributed by atoms with Gasteiger partial charge < -0.3 is 16.0 Å². The molecule has 102 valence electrons. The summed E-state index contributed by atoms with van der Waals surface area (Å²) in [5, 5.41) is 7.71. The van der Waals surface area contributed by atoms with Crippen LogP contribution >= 0.6 is 0 Å². The number of benzene rings is 1. The molecule has 1 aliphatic carbocycles. The third kappa shape index (κ3) is 4.95. The number of anilines is 1. The molecule has 0 bridgehead atoms. The topological polar surface area (TPSA) is 70.2 Å². The van der Waals surface area contributed by atoms with Crippen molar-refractivity contribution in [2.75, 3.05) is 18.4 Å². The third-order valence-electron chi connectivity index (χ3n) is 2.79. The minimum Gasteiger partial charge on any atom is -0.338 e. The highest BCUT2D eigenvalue weighted by Gasteiger charge is 2.21. The molecule has 0 saturated heterocycles. The fourth-order valence-electron chi connectivity index (χ4n) is 1.52. The lowest BCUT2D eigenvalue weighted by atomic mass is 10.3. The van der Waals surface area contributed by atoms with E-state index in [0.29, 0.717) is 18.2 Å². The van der Waals surface area contributed by atoms with Gasteiger partial charge in [0.15, 0.2) is 0 Å². The highest BCUT2D eigenvalue weighted by atomic mass is 19.1. The van der Waals surface area contributed by atoms with E-state index in [1.165, 1.54) is 24.3 Å². The zero-order chi connectivity index (χ0) is 13.7.